The molecular weight excluding hydrogens is 329 g/mol. The van der Waals surface area contributed by atoms with Gasteiger partial charge in [-0.3, -0.25) is 0 Å². The lowest BCUT2D eigenvalue weighted by Gasteiger charge is -2.12. The minimum absolute atomic E-state index is 0.419. The van der Waals surface area contributed by atoms with Crippen molar-refractivity contribution in [3.63, 3.8) is 0 Å². The molecule has 5 nitrogen and oxygen atoms in total. The second-order valence-electron chi connectivity index (χ2n) is 4.30. The van der Waals surface area contributed by atoms with E-state index in [4.69, 9.17) is 28.5 Å². The lowest BCUT2D eigenvalue weighted by Crippen LogP contribution is -1.97. The largest absolute Gasteiger partial charge is 0.337 e. The molecule has 0 saturated carbocycles. The monoisotopic (exact) mass is 335 g/mol. The number of hydrogen-bond acceptors (Lipinski definition) is 5. The number of nitriles is 1. The topological polar surface area (TPSA) is 73.4 Å². The van der Waals surface area contributed by atoms with Crippen molar-refractivity contribution in [2.75, 3.05) is 5.32 Å². The fraction of sp³-hybridized carbons (Fsp3) is 0.0769. The molecule has 1 aliphatic rings. The van der Waals surface area contributed by atoms with Crippen LogP contribution in [0.1, 0.15) is 11.3 Å². The maximum Gasteiger partial charge on any atom is 0.132 e. The van der Waals surface area contributed by atoms with Gasteiger partial charge in [-0.05, 0) is 25.1 Å². The maximum atomic E-state index is 9.01. The van der Waals surface area contributed by atoms with E-state index in [0.29, 0.717) is 38.5 Å². The van der Waals surface area contributed by atoms with Crippen LogP contribution >= 0.6 is 23.2 Å². The van der Waals surface area contributed by atoms with Gasteiger partial charge in [-0.15, -0.1) is 0 Å². The molecule has 2 aromatic rings. The standard InChI is InChI=1S/C13H7Cl2N5S/c1-6-2-7(5-16)3-10(17-6)18-11-8(14)4-9(15)12-13(11)20-21-19-12/h2-4H,1H3,(H,17,18). The van der Waals surface area contributed by atoms with Gasteiger partial charge in [0.25, 0.3) is 0 Å². The average molecular weight is 336 g/mol. The molecule has 0 radical (unpaired) electrons. The summed E-state index contributed by atoms with van der Waals surface area (Å²) in [5, 5.41) is 13.0. The molecule has 0 unspecified atom stereocenters. The molecule has 0 amide bonds. The molecule has 0 spiro atoms. The summed E-state index contributed by atoms with van der Waals surface area (Å²) in [5.74, 6) is 0.519. The molecule has 8 heteroatoms. The van der Waals surface area contributed by atoms with Gasteiger partial charge < -0.3 is 5.32 Å². The van der Waals surface area contributed by atoms with Crippen molar-refractivity contribution >= 4 is 57.4 Å². The van der Waals surface area contributed by atoms with Crippen LogP contribution in [0.5, 0.6) is 0 Å². The molecule has 104 valence electrons. The fourth-order valence-electron chi connectivity index (χ4n) is 1.92. The van der Waals surface area contributed by atoms with Crippen LogP contribution in [0.4, 0.5) is 22.9 Å². The number of nitrogens with one attached hydrogen (secondary N) is 1. The molecule has 0 saturated heterocycles. The van der Waals surface area contributed by atoms with E-state index in [1.807, 2.05) is 6.92 Å². The van der Waals surface area contributed by atoms with Crippen LogP contribution in [-0.2, 0) is 11.4 Å². The first-order chi connectivity index (χ1) is 10.1. The third-order valence-corrected chi connectivity index (χ3v) is 3.89. The van der Waals surface area contributed by atoms with Crippen LogP contribution in [-0.4, -0.2) is 4.98 Å². The van der Waals surface area contributed by atoms with Crippen molar-refractivity contribution in [1.82, 2.24) is 4.98 Å². The van der Waals surface area contributed by atoms with Gasteiger partial charge in [0.2, 0.25) is 0 Å². The fourth-order valence-corrected chi connectivity index (χ4v) is 3.08. The highest BCUT2D eigenvalue weighted by atomic mass is 35.5. The van der Waals surface area contributed by atoms with Crippen LogP contribution in [0.15, 0.2) is 26.9 Å². The number of anilines is 2. The van der Waals surface area contributed by atoms with Crippen molar-refractivity contribution in [2.24, 2.45) is 8.73 Å². The number of aromatic nitrogens is 1. The first-order valence-corrected chi connectivity index (χ1v) is 7.33. The Morgan fingerprint density at radius 1 is 1.14 bits per heavy atom. The number of benzene rings is 1. The smallest absolute Gasteiger partial charge is 0.132 e. The summed E-state index contributed by atoms with van der Waals surface area (Å²) < 4.78 is 8.35. The average Bonchev–Trinajstić information content (AvgIpc) is 2.92. The number of pyridine rings is 1. The quantitative estimate of drug-likeness (QED) is 0.712. The van der Waals surface area contributed by atoms with Crippen LogP contribution in [0.2, 0.25) is 10.0 Å². The molecule has 0 bridgehead atoms. The van der Waals surface area contributed by atoms with Gasteiger partial charge in [0.1, 0.15) is 17.2 Å². The number of fused-ring (bicyclic) bond motifs is 1. The number of rotatable bonds is 2. The highest BCUT2D eigenvalue weighted by Gasteiger charge is 2.19. The van der Waals surface area contributed by atoms with E-state index in [1.54, 1.807) is 18.2 Å². The zero-order valence-corrected chi connectivity index (χ0v) is 13.0. The van der Waals surface area contributed by atoms with Gasteiger partial charge in [0.15, 0.2) is 0 Å². The zero-order valence-electron chi connectivity index (χ0n) is 10.7. The second-order valence-corrected chi connectivity index (χ2v) is 5.64. The molecule has 2 heterocycles. The van der Waals surface area contributed by atoms with Crippen molar-refractivity contribution in [1.29, 1.82) is 5.26 Å². The van der Waals surface area contributed by atoms with E-state index in [2.05, 4.69) is 25.1 Å². The minimum atomic E-state index is 0.419. The van der Waals surface area contributed by atoms with Crippen LogP contribution < -0.4 is 5.32 Å². The molecule has 1 N–H and O–H groups in total. The van der Waals surface area contributed by atoms with Crippen molar-refractivity contribution < 1.29 is 0 Å². The molecule has 21 heavy (non-hydrogen) atoms. The number of hydrogen-bond donors (Lipinski definition) is 1. The third-order valence-electron chi connectivity index (χ3n) is 2.78. The third kappa shape index (κ3) is 2.63. The summed E-state index contributed by atoms with van der Waals surface area (Å²) >= 11 is 13.4. The predicted octanol–water partition coefficient (Wildman–Crippen LogP) is 5.04. The molecule has 1 aromatic heterocycles. The Bertz CT molecular complexity index is 866. The van der Waals surface area contributed by atoms with Crippen molar-refractivity contribution in [3.8, 4) is 6.07 Å². The van der Waals surface area contributed by atoms with E-state index in [9.17, 15) is 0 Å². The maximum absolute atomic E-state index is 9.01. The number of nitrogens with zero attached hydrogens (tertiary/aromatic N) is 4. The zero-order chi connectivity index (χ0) is 15.0. The minimum Gasteiger partial charge on any atom is -0.337 e. The van der Waals surface area contributed by atoms with Gasteiger partial charge in [-0.1, -0.05) is 23.2 Å². The van der Waals surface area contributed by atoms with Crippen molar-refractivity contribution in [3.05, 3.63) is 39.5 Å². The predicted molar refractivity (Wildman–Crippen MR) is 85.0 cm³/mol. The summed E-state index contributed by atoms with van der Waals surface area (Å²) in [7, 11) is 0. The highest BCUT2D eigenvalue weighted by Crippen LogP contribution is 2.48. The second kappa shape index (κ2) is 5.45. The molecule has 1 aliphatic heterocycles. The SMILES string of the molecule is Cc1cc(C#N)cc(Nc2c(Cl)cc(Cl)c3c2N=S=N3)n1. The van der Waals surface area contributed by atoms with Gasteiger partial charge in [0.05, 0.1) is 38.7 Å². The Hall–Kier alpha value is -1.94. The summed E-state index contributed by atoms with van der Waals surface area (Å²) in [6.07, 6.45) is 0. The van der Waals surface area contributed by atoms with Gasteiger partial charge >= 0.3 is 0 Å². The molecule has 0 fully saturated rings. The van der Waals surface area contributed by atoms with Gasteiger partial charge in [-0.2, -0.15) is 14.0 Å². The number of halogens is 2. The molecule has 0 aliphatic carbocycles. The number of aryl methyl sites for hydroxylation is 1. The normalized spacial score (nSPS) is 11.7. The molecule has 1 aromatic carbocycles. The van der Waals surface area contributed by atoms with Crippen LogP contribution in [0.3, 0.4) is 0 Å². The lowest BCUT2D eigenvalue weighted by atomic mass is 10.2. The first kappa shape index (κ1) is 14.0. The molecular formula is C13H7Cl2N5S. The Balaban J connectivity index is 2.08. The van der Waals surface area contributed by atoms with E-state index >= 15 is 0 Å². The molecule has 3 rings (SSSR count). The van der Waals surface area contributed by atoms with E-state index < -0.39 is 0 Å². The summed E-state index contributed by atoms with van der Waals surface area (Å²) in [5.41, 5.74) is 2.99. The highest BCUT2D eigenvalue weighted by molar-refractivity contribution is 7.58. The molecule has 0 atom stereocenters. The Kier molecular flexibility index (Phi) is 3.64. The summed E-state index contributed by atoms with van der Waals surface area (Å²) in [6.45, 7) is 1.81. The van der Waals surface area contributed by atoms with Crippen LogP contribution in [0.25, 0.3) is 0 Å². The van der Waals surface area contributed by atoms with Crippen molar-refractivity contribution in [2.45, 2.75) is 6.92 Å². The lowest BCUT2D eigenvalue weighted by molar-refractivity contribution is 1.19. The summed E-state index contributed by atoms with van der Waals surface area (Å²) in [4.78, 5) is 4.33. The van der Waals surface area contributed by atoms with Gasteiger partial charge in [0, 0.05) is 5.69 Å². The van der Waals surface area contributed by atoms with Gasteiger partial charge in [-0.25, -0.2) is 4.98 Å². The van der Waals surface area contributed by atoms with Crippen LogP contribution in [0, 0.1) is 18.3 Å². The Morgan fingerprint density at radius 3 is 2.67 bits per heavy atom. The Labute approximate surface area is 134 Å². The summed E-state index contributed by atoms with van der Waals surface area (Å²) in [6, 6.07) is 7.04. The Morgan fingerprint density at radius 2 is 1.90 bits per heavy atom. The van der Waals surface area contributed by atoms with E-state index in [-0.39, 0.29) is 0 Å². The van der Waals surface area contributed by atoms with E-state index in [1.165, 1.54) is 0 Å². The van der Waals surface area contributed by atoms with E-state index in [0.717, 1.165) is 17.0 Å². The first-order valence-electron chi connectivity index (χ1n) is 5.84.